The largest absolute Gasteiger partial charge is 0.323 e. The third-order valence-electron chi connectivity index (χ3n) is 1.02. The molecule has 0 aliphatic heterocycles. The summed E-state index contributed by atoms with van der Waals surface area (Å²) in [4.78, 5) is 0. The minimum absolute atomic E-state index is 0.510. The van der Waals surface area contributed by atoms with Gasteiger partial charge < -0.3 is 5.73 Å². The van der Waals surface area contributed by atoms with Gasteiger partial charge in [0, 0.05) is 5.88 Å². The maximum Gasteiger partial charge on any atom is 0.0233 e. The van der Waals surface area contributed by atoms with E-state index in [1.165, 1.54) is 0 Å². The number of hydrogen-bond donors (Lipinski definition) is 1. The molecule has 0 aliphatic rings. The summed E-state index contributed by atoms with van der Waals surface area (Å²) in [6.45, 7) is 3.66. The first-order chi connectivity index (χ1) is 3.62. The Morgan fingerprint density at radius 1 is 1.62 bits per heavy atom. The van der Waals surface area contributed by atoms with Crippen molar-refractivity contribution in [2.24, 2.45) is 5.73 Å². The molecule has 0 atom stereocenters. The van der Waals surface area contributed by atoms with Gasteiger partial charge in [0.2, 0.25) is 0 Å². The van der Waals surface area contributed by atoms with E-state index in [0.717, 1.165) is 11.6 Å². The van der Waals surface area contributed by atoms with Crippen LogP contribution in [0.3, 0.4) is 0 Å². The summed E-state index contributed by atoms with van der Waals surface area (Å²) < 4.78 is 0. The number of hydrogen-bond acceptors (Lipinski definition) is 1. The second kappa shape index (κ2) is 3.15. The average Bonchev–Trinajstić information content (AvgIpc) is 1.67. The topological polar surface area (TPSA) is 26.0 Å². The van der Waals surface area contributed by atoms with E-state index in [2.05, 4.69) is 19.1 Å². The number of rotatable bonds is 3. The zero-order chi connectivity index (χ0) is 6.62. The molecule has 0 rings (SSSR count). The Kier molecular flexibility index (Phi) is 3.17. The van der Waals surface area contributed by atoms with Crippen LogP contribution in [-0.2, 0) is 0 Å². The van der Waals surface area contributed by atoms with E-state index in [4.69, 9.17) is 5.73 Å². The van der Waals surface area contributed by atoms with Crippen molar-refractivity contribution in [3.8, 4) is 0 Å². The van der Waals surface area contributed by atoms with Gasteiger partial charge in [0.25, 0.3) is 0 Å². The molecule has 0 fully saturated rings. The van der Waals surface area contributed by atoms with Crippen molar-refractivity contribution >= 4 is 10.0 Å². The van der Waals surface area contributed by atoms with E-state index < -0.39 is 10.0 Å². The van der Waals surface area contributed by atoms with Crippen LogP contribution in [0.5, 0.6) is 0 Å². The van der Waals surface area contributed by atoms with Gasteiger partial charge in [0.1, 0.15) is 0 Å². The molecular formula is C6H15NS. The highest BCUT2D eigenvalue weighted by Gasteiger charge is 2.04. The molecule has 0 amide bonds. The Morgan fingerprint density at radius 3 is 2.25 bits per heavy atom. The minimum atomic E-state index is -0.510. The van der Waals surface area contributed by atoms with Crippen LogP contribution in [0.1, 0.15) is 0 Å². The molecule has 8 heavy (non-hydrogen) atoms. The van der Waals surface area contributed by atoms with E-state index in [0.29, 0.717) is 0 Å². The van der Waals surface area contributed by atoms with Crippen molar-refractivity contribution in [1.82, 2.24) is 0 Å². The summed E-state index contributed by atoms with van der Waals surface area (Å²) >= 11 is 0. The van der Waals surface area contributed by atoms with Crippen molar-refractivity contribution in [2.45, 2.75) is 0 Å². The predicted molar refractivity (Wildman–Crippen MR) is 43.6 cm³/mol. The zero-order valence-electron chi connectivity index (χ0n) is 5.68. The standard InChI is InChI=1S/C6H15NS/c1-4-5-8(2,3)6-7/h4H,1,5-7H2,2-3H3. The SMILES string of the molecule is C=CCS(C)(C)CN. The number of nitrogens with two attached hydrogens (primary N) is 1. The summed E-state index contributed by atoms with van der Waals surface area (Å²) in [7, 11) is -0.510. The molecule has 2 N–H and O–H groups in total. The lowest BCUT2D eigenvalue weighted by molar-refractivity contribution is 1.36. The summed E-state index contributed by atoms with van der Waals surface area (Å²) in [5.74, 6) is 1.91. The molecule has 0 aromatic heterocycles. The molecule has 0 spiro atoms. The molecule has 0 aromatic rings. The molecule has 0 aromatic carbocycles. The normalized spacial score (nSPS) is 13.4. The molecule has 0 radical (unpaired) electrons. The molecule has 0 aliphatic carbocycles. The van der Waals surface area contributed by atoms with Crippen molar-refractivity contribution < 1.29 is 0 Å². The van der Waals surface area contributed by atoms with Crippen molar-refractivity contribution in [3.63, 3.8) is 0 Å². The quantitative estimate of drug-likeness (QED) is 0.574. The maximum absolute atomic E-state index is 5.48. The molecule has 0 bridgehead atoms. The van der Waals surface area contributed by atoms with Gasteiger partial charge in [-0.1, -0.05) is 6.08 Å². The fourth-order valence-electron chi connectivity index (χ4n) is 0.387. The third-order valence-corrected chi connectivity index (χ3v) is 3.06. The maximum atomic E-state index is 5.48. The predicted octanol–water partition coefficient (Wildman–Crippen LogP) is 1.15. The lowest BCUT2D eigenvalue weighted by Crippen LogP contribution is -2.11. The van der Waals surface area contributed by atoms with Crippen LogP contribution in [-0.4, -0.2) is 24.1 Å². The lowest BCUT2D eigenvalue weighted by atomic mass is 10.8. The lowest BCUT2D eigenvalue weighted by Gasteiger charge is -2.26. The molecule has 0 saturated heterocycles. The van der Waals surface area contributed by atoms with Crippen LogP contribution >= 0.6 is 10.0 Å². The van der Waals surface area contributed by atoms with Gasteiger partial charge in [-0.05, 0) is 18.3 Å². The second-order valence-electron chi connectivity index (χ2n) is 2.39. The summed E-state index contributed by atoms with van der Waals surface area (Å²) in [5.41, 5.74) is 5.48. The molecule has 0 heterocycles. The Bertz CT molecular complexity index is 78.6. The van der Waals surface area contributed by atoms with Crippen LogP contribution in [0.2, 0.25) is 0 Å². The average molecular weight is 133 g/mol. The monoisotopic (exact) mass is 133 g/mol. The summed E-state index contributed by atoms with van der Waals surface area (Å²) in [5, 5.41) is 0. The van der Waals surface area contributed by atoms with E-state index in [9.17, 15) is 0 Å². The molecule has 0 unspecified atom stereocenters. The van der Waals surface area contributed by atoms with E-state index in [-0.39, 0.29) is 0 Å². The molecule has 50 valence electrons. The van der Waals surface area contributed by atoms with Crippen LogP contribution in [0.4, 0.5) is 0 Å². The highest BCUT2D eigenvalue weighted by molar-refractivity contribution is 8.32. The Balaban J connectivity index is 3.53. The van der Waals surface area contributed by atoms with E-state index in [1.807, 2.05) is 6.08 Å². The van der Waals surface area contributed by atoms with E-state index >= 15 is 0 Å². The summed E-state index contributed by atoms with van der Waals surface area (Å²) in [6, 6.07) is 0. The van der Waals surface area contributed by atoms with Gasteiger partial charge in [0.15, 0.2) is 0 Å². The third kappa shape index (κ3) is 3.10. The second-order valence-corrected chi connectivity index (χ2v) is 6.59. The van der Waals surface area contributed by atoms with Gasteiger partial charge >= 0.3 is 0 Å². The molecule has 2 heteroatoms. The molecule has 1 nitrogen and oxygen atoms in total. The first kappa shape index (κ1) is 8.05. The van der Waals surface area contributed by atoms with Gasteiger partial charge in [0.05, 0.1) is 0 Å². The highest BCUT2D eigenvalue weighted by atomic mass is 32.3. The fraction of sp³-hybridized carbons (Fsp3) is 0.667. The van der Waals surface area contributed by atoms with Crippen LogP contribution < -0.4 is 5.73 Å². The van der Waals surface area contributed by atoms with Gasteiger partial charge in [-0.25, -0.2) is 10.0 Å². The van der Waals surface area contributed by atoms with Gasteiger partial charge in [-0.3, -0.25) is 0 Å². The molecular weight excluding hydrogens is 118 g/mol. The zero-order valence-corrected chi connectivity index (χ0v) is 6.50. The minimum Gasteiger partial charge on any atom is -0.323 e. The first-order valence-corrected chi connectivity index (χ1v) is 5.41. The Morgan fingerprint density at radius 2 is 2.12 bits per heavy atom. The molecule has 0 saturated carbocycles. The summed E-state index contributed by atoms with van der Waals surface area (Å²) in [6.07, 6.45) is 6.38. The highest BCUT2D eigenvalue weighted by Crippen LogP contribution is 2.36. The Labute approximate surface area is 53.3 Å². The smallest absolute Gasteiger partial charge is 0.0233 e. The van der Waals surface area contributed by atoms with Crippen molar-refractivity contribution in [1.29, 1.82) is 0 Å². The van der Waals surface area contributed by atoms with Crippen LogP contribution in [0.25, 0.3) is 0 Å². The van der Waals surface area contributed by atoms with Gasteiger partial charge in [-0.2, -0.15) is 0 Å². The Hall–Kier alpha value is 0.0500. The first-order valence-electron chi connectivity index (χ1n) is 2.62. The fourth-order valence-corrected chi connectivity index (χ4v) is 1.16. The van der Waals surface area contributed by atoms with Crippen LogP contribution in [0.15, 0.2) is 12.7 Å². The van der Waals surface area contributed by atoms with E-state index in [1.54, 1.807) is 0 Å². The van der Waals surface area contributed by atoms with Crippen molar-refractivity contribution in [2.75, 3.05) is 24.1 Å². The van der Waals surface area contributed by atoms with Gasteiger partial charge in [-0.15, -0.1) is 6.58 Å². The van der Waals surface area contributed by atoms with Crippen molar-refractivity contribution in [3.05, 3.63) is 12.7 Å². The van der Waals surface area contributed by atoms with Crippen LogP contribution in [0, 0.1) is 0 Å².